The summed E-state index contributed by atoms with van der Waals surface area (Å²) in [6, 6.07) is 10.4. The molecule has 0 unspecified atom stereocenters. The fraction of sp³-hybridized carbons (Fsp3) is 0.160. The Bertz CT molecular complexity index is 1520. The first-order valence-corrected chi connectivity index (χ1v) is 10.6. The molecule has 11 heteroatoms. The summed E-state index contributed by atoms with van der Waals surface area (Å²) in [5, 5.41) is 1.09. The Kier molecular flexibility index (Phi) is 7.07. The Labute approximate surface area is 202 Å². The molecule has 0 fully saturated rings. The number of carbonyl (C=O) groups excluding carboxylic acids is 1. The van der Waals surface area contributed by atoms with Crippen molar-refractivity contribution in [2.24, 2.45) is 5.73 Å². The van der Waals surface area contributed by atoms with Gasteiger partial charge in [-0.25, -0.2) is 4.79 Å². The molecule has 0 saturated carbocycles. The quantitative estimate of drug-likeness (QED) is 0.279. The van der Waals surface area contributed by atoms with Crippen LogP contribution in [0, 0.1) is 11.8 Å². The molecule has 4 aromatic rings. The number of ether oxygens (including phenoxy) is 2. The number of esters is 1. The van der Waals surface area contributed by atoms with Crippen molar-refractivity contribution in [2.75, 3.05) is 6.61 Å². The number of carbonyl (C=O) groups is 1. The van der Waals surface area contributed by atoms with Crippen molar-refractivity contribution in [3.63, 3.8) is 0 Å². The van der Waals surface area contributed by atoms with Crippen LogP contribution in [0.1, 0.15) is 16.7 Å². The maximum Gasteiger partial charge on any atom is 0.491 e. The lowest BCUT2D eigenvalue weighted by Crippen LogP contribution is -2.30. The molecule has 0 aliphatic rings. The first-order chi connectivity index (χ1) is 17.2. The van der Waals surface area contributed by atoms with E-state index in [1.165, 1.54) is 24.7 Å². The molecule has 3 aromatic heterocycles. The van der Waals surface area contributed by atoms with Gasteiger partial charge < -0.3 is 25.2 Å². The summed E-state index contributed by atoms with van der Waals surface area (Å²) >= 11 is 0. The molecule has 3 heterocycles. The zero-order valence-electron chi connectivity index (χ0n) is 18.6. The number of benzene rings is 1. The van der Waals surface area contributed by atoms with Crippen molar-refractivity contribution in [1.82, 2.24) is 15.0 Å². The van der Waals surface area contributed by atoms with Crippen LogP contribution < -0.4 is 20.8 Å². The molecule has 4 rings (SSSR count). The van der Waals surface area contributed by atoms with Crippen LogP contribution >= 0.6 is 0 Å². The van der Waals surface area contributed by atoms with Crippen LogP contribution in [-0.4, -0.2) is 39.7 Å². The van der Waals surface area contributed by atoms with Crippen molar-refractivity contribution >= 4 is 16.9 Å². The lowest BCUT2D eigenvalue weighted by atomic mass is 10.1. The lowest BCUT2D eigenvalue weighted by Gasteiger charge is -2.13. The molecule has 36 heavy (non-hydrogen) atoms. The van der Waals surface area contributed by atoms with E-state index in [9.17, 15) is 22.8 Å². The number of aromatic amines is 2. The molecule has 184 valence electrons. The summed E-state index contributed by atoms with van der Waals surface area (Å²) < 4.78 is 47.6. The highest BCUT2D eigenvalue weighted by Gasteiger charge is 2.42. The van der Waals surface area contributed by atoms with Crippen molar-refractivity contribution in [1.29, 1.82) is 0 Å². The van der Waals surface area contributed by atoms with Crippen molar-refractivity contribution in [3.8, 4) is 23.3 Å². The number of halogens is 3. The molecule has 0 radical (unpaired) electrons. The summed E-state index contributed by atoms with van der Waals surface area (Å²) in [7, 11) is 0. The zero-order valence-corrected chi connectivity index (χ0v) is 18.6. The number of fused-ring (bicyclic) bond motifs is 1. The predicted molar refractivity (Wildman–Crippen MR) is 124 cm³/mol. The topological polar surface area (TPSA) is 123 Å². The molecule has 1 aromatic carbocycles. The number of aromatic nitrogens is 3. The number of hydrogen-bond donors (Lipinski definition) is 3. The van der Waals surface area contributed by atoms with Gasteiger partial charge in [0.1, 0.15) is 12.4 Å². The third kappa shape index (κ3) is 5.92. The number of hydrogen-bond acceptors (Lipinski definition) is 6. The summed E-state index contributed by atoms with van der Waals surface area (Å²) in [6.45, 7) is 0.198. The third-order valence-corrected chi connectivity index (χ3v) is 5.02. The van der Waals surface area contributed by atoms with E-state index in [2.05, 4.69) is 31.5 Å². The normalized spacial score (nSPS) is 12.0. The predicted octanol–water partition coefficient (Wildman–Crippen LogP) is 3.07. The van der Waals surface area contributed by atoms with Gasteiger partial charge in [-0.05, 0) is 30.2 Å². The summed E-state index contributed by atoms with van der Waals surface area (Å²) in [5.41, 5.74) is 7.45. The highest BCUT2D eigenvalue weighted by molar-refractivity contribution is 5.83. The van der Waals surface area contributed by atoms with Gasteiger partial charge in [-0.1, -0.05) is 30.0 Å². The van der Waals surface area contributed by atoms with Crippen LogP contribution in [-0.2, 0) is 11.2 Å². The first-order valence-electron chi connectivity index (χ1n) is 10.6. The first kappa shape index (κ1) is 24.6. The van der Waals surface area contributed by atoms with Crippen LogP contribution in [0.15, 0.2) is 66.0 Å². The molecular formula is C25H19F3N4O4. The van der Waals surface area contributed by atoms with E-state index in [1.54, 1.807) is 6.07 Å². The Morgan fingerprint density at radius 2 is 1.94 bits per heavy atom. The van der Waals surface area contributed by atoms with E-state index in [0.29, 0.717) is 17.7 Å². The highest BCUT2D eigenvalue weighted by Crippen LogP contribution is 2.21. The number of alkyl halides is 3. The molecule has 0 aliphatic heterocycles. The summed E-state index contributed by atoms with van der Waals surface area (Å²) in [4.78, 5) is 32.4. The summed E-state index contributed by atoms with van der Waals surface area (Å²) in [6.07, 6.45) is 1.27. The van der Waals surface area contributed by atoms with Crippen LogP contribution in [0.2, 0.25) is 0 Å². The number of nitrogens with two attached hydrogens (primary N) is 1. The van der Waals surface area contributed by atoms with Crippen LogP contribution in [0.5, 0.6) is 11.5 Å². The van der Waals surface area contributed by atoms with Crippen LogP contribution in [0.25, 0.3) is 10.9 Å². The number of para-hydroxylation sites is 1. The van der Waals surface area contributed by atoms with Crippen LogP contribution in [0.4, 0.5) is 13.2 Å². The monoisotopic (exact) mass is 496 g/mol. The minimum Gasteiger partial charge on any atom is -0.490 e. The fourth-order valence-electron chi connectivity index (χ4n) is 3.37. The Balaban J connectivity index is 1.44. The van der Waals surface area contributed by atoms with Gasteiger partial charge in [0.05, 0.1) is 11.8 Å². The second-order valence-corrected chi connectivity index (χ2v) is 7.73. The average molecular weight is 496 g/mol. The molecule has 0 bridgehead atoms. The second kappa shape index (κ2) is 10.4. The molecule has 0 aliphatic carbocycles. The maximum atomic E-state index is 12.5. The highest BCUT2D eigenvalue weighted by atomic mass is 19.4. The van der Waals surface area contributed by atoms with Gasteiger partial charge in [0, 0.05) is 41.1 Å². The molecule has 0 spiro atoms. The lowest BCUT2D eigenvalue weighted by molar-refractivity contribution is -0.189. The van der Waals surface area contributed by atoms with Gasteiger partial charge in [-0.15, -0.1) is 0 Å². The Hall–Kier alpha value is -4.56. The Morgan fingerprint density at radius 1 is 1.14 bits per heavy atom. The molecular weight excluding hydrogens is 477 g/mol. The van der Waals surface area contributed by atoms with E-state index in [1.807, 2.05) is 30.5 Å². The SMILES string of the molecule is N[C@H](COc1cncc(C#Cc2cc[nH]c(=O)c2OC(=O)C(F)(F)F)c1)Cc1c[nH]c2ccccc12. The van der Waals surface area contributed by atoms with Crippen molar-refractivity contribution in [2.45, 2.75) is 18.6 Å². The number of H-pyrrole nitrogens is 2. The van der Waals surface area contributed by atoms with E-state index in [4.69, 9.17) is 10.5 Å². The molecule has 4 N–H and O–H groups in total. The van der Waals surface area contributed by atoms with Crippen LogP contribution in [0.3, 0.4) is 0 Å². The molecule has 1 atom stereocenters. The maximum absolute atomic E-state index is 12.5. The minimum atomic E-state index is -5.27. The van der Waals surface area contributed by atoms with Gasteiger partial charge in [0.2, 0.25) is 5.75 Å². The largest absolute Gasteiger partial charge is 0.491 e. The number of rotatable bonds is 6. The average Bonchev–Trinajstić information content (AvgIpc) is 3.25. The van der Waals surface area contributed by atoms with E-state index in [0.717, 1.165) is 16.5 Å². The number of nitrogens with one attached hydrogen (secondary N) is 2. The molecule has 0 amide bonds. The minimum absolute atomic E-state index is 0.198. The van der Waals surface area contributed by atoms with Gasteiger partial charge in [0.25, 0.3) is 5.56 Å². The van der Waals surface area contributed by atoms with Crippen molar-refractivity contribution < 1.29 is 27.4 Å². The summed E-state index contributed by atoms with van der Waals surface area (Å²) in [5.74, 6) is 2.20. The smallest absolute Gasteiger partial charge is 0.490 e. The van der Waals surface area contributed by atoms with Gasteiger partial charge >= 0.3 is 12.1 Å². The number of pyridine rings is 2. The molecule has 0 saturated heterocycles. The Morgan fingerprint density at radius 3 is 2.75 bits per heavy atom. The number of nitrogens with zero attached hydrogens (tertiary/aromatic N) is 1. The zero-order chi connectivity index (χ0) is 25.7. The second-order valence-electron chi connectivity index (χ2n) is 7.73. The fourth-order valence-corrected chi connectivity index (χ4v) is 3.37. The van der Waals surface area contributed by atoms with Gasteiger partial charge in [0.15, 0.2) is 0 Å². The van der Waals surface area contributed by atoms with E-state index >= 15 is 0 Å². The third-order valence-electron chi connectivity index (χ3n) is 5.02. The van der Waals surface area contributed by atoms with E-state index in [-0.39, 0.29) is 18.2 Å². The standard InChI is InChI=1S/C25H19F3N4O4/c26-25(27,28)24(34)36-22-16(7-8-31-23(22)33)6-5-15-9-19(13-30-11-15)35-14-18(29)10-17-12-32-21-4-2-1-3-20(17)21/h1-4,7-9,11-13,18,32H,10,14,29H2,(H,31,33)/t18-/m0/s1. The van der Waals surface area contributed by atoms with E-state index < -0.39 is 23.5 Å². The molecule has 8 nitrogen and oxygen atoms in total. The van der Waals surface area contributed by atoms with Crippen molar-refractivity contribution in [3.05, 3.63) is 88.2 Å². The van der Waals surface area contributed by atoms with Gasteiger partial charge in [-0.3, -0.25) is 9.78 Å². The van der Waals surface area contributed by atoms with Gasteiger partial charge in [-0.2, -0.15) is 13.2 Å².